The van der Waals surface area contributed by atoms with Crippen molar-refractivity contribution in [2.75, 3.05) is 5.75 Å². The van der Waals surface area contributed by atoms with Crippen molar-refractivity contribution in [3.63, 3.8) is 0 Å². The van der Waals surface area contributed by atoms with Crippen LogP contribution in [-0.4, -0.2) is 26.8 Å². The van der Waals surface area contributed by atoms with Crippen molar-refractivity contribution in [3.05, 3.63) is 63.1 Å². The highest BCUT2D eigenvalue weighted by atomic mass is 35.5. The number of nitrogens with zero attached hydrogens (tertiary/aromatic N) is 2. The van der Waals surface area contributed by atoms with Crippen LogP contribution in [0.5, 0.6) is 0 Å². The molecule has 0 aliphatic carbocycles. The number of rotatable bonds is 8. The molecular weight excluding hydrogens is 376 g/mol. The number of hydrogen-bond donors (Lipinski definition) is 2. The number of nitrogens with one attached hydrogen (secondary N) is 2. The zero-order chi connectivity index (χ0) is 17.5. The molecule has 0 unspecified atom stereocenters. The number of halogens is 1. The van der Waals surface area contributed by atoms with E-state index in [2.05, 4.69) is 26.6 Å². The Bertz CT molecular complexity index is 820. The Morgan fingerprint density at radius 3 is 2.96 bits per heavy atom. The van der Waals surface area contributed by atoms with E-state index in [9.17, 15) is 4.79 Å². The molecule has 5 nitrogen and oxygen atoms in total. The lowest BCUT2D eigenvalue weighted by atomic mass is 10.2. The molecule has 130 valence electrons. The van der Waals surface area contributed by atoms with Crippen molar-refractivity contribution >= 4 is 40.6 Å². The summed E-state index contributed by atoms with van der Waals surface area (Å²) in [6, 6.07) is 11.6. The Morgan fingerprint density at radius 1 is 1.28 bits per heavy atom. The van der Waals surface area contributed by atoms with Gasteiger partial charge >= 0.3 is 0 Å². The third-order valence-corrected chi connectivity index (χ3v) is 5.52. The molecule has 0 aliphatic rings. The SMILES string of the molecule is O=C(CCSc1n[nH]c(Cc2cccs2)n1)NCc1ccccc1Cl. The molecule has 8 heteroatoms. The van der Waals surface area contributed by atoms with E-state index in [1.165, 1.54) is 16.6 Å². The summed E-state index contributed by atoms with van der Waals surface area (Å²) in [7, 11) is 0. The molecule has 3 rings (SSSR count). The van der Waals surface area contributed by atoms with E-state index in [4.69, 9.17) is 11.6 Å². The van der Waals surface area contributed by atoms with Crippen LogP contribution < -0.4 is 5.32 Å². The summed E-state index contributed by atoms with van der Waals surface area (Å²) >= 11 is 9.24. The van der Waals surface area contributed by atoms with Crippen LogP contribution in [0.25, 0.3) is 0 Å². The van der Waals surface area contributed by atoms with Crippen molar-refractivity contribution < 1.29 is 4.79 Å². The van der Waals surface area contributed by atoms with E-state index in [0.29, 0.717) is 28.9 Å². The molecule has 2 N–H and O–H groups in total. The topological polar surface area (TPSA) is 70.7 Å². The standard InChI is InChI=1S/C17H17ClN4OS2/c18-14-6-2-1-4-12(14)11-19-16(23)7-9-25-17-20-15(21-22-17)10-13-5-3-8-24-13/h1-6,8H,7,9-11H2,(H,19,23)(H,20,21,22). The molecule has 2 aromatic heterocycles. The average molecular weight is 393 g/mol. The van der Waals surface area contributed by atoms with Gasteiger partial charge in [-0.05, 0) is 23.1 Å². The number of carbonyl (C=O) groups is 1. The molecule has 0 saturated heterocycles. The first kappa shape index (κ1) is 18.0. The number of aromatic amines is 1. The summed E-state index contributed by atoms with van der Waals surface area (Å²) in [5, 5.41) is 13.4. The molecule has 0 atom stereocenters. The van der Waals surface area contributed by atoms with Crippen LogP contribution in [0.1, 0.15) is 22.7 Å². The first-order valence-corrected chi connectivity index (χ1v) is 10.0. The van der Waals surface area contributed by atoms with E-state index >= 15 is 0 Å². The zero-order valence-electron chi connectivity index (χ0n) is 13.4. The highest BCUT2D eigenvalue weighted by Gasteiger charge is 2.08. The summed E-state index contributed by atoms with van der Waals surface area (Å²) in [5.41, 5.74) is 0.914. The van der Waals surface area contributed by atoms with Gasteiger partial charge in [0.05, 0.1) is 0 Å². The van der Waals surface area contributed by atoms with E-state index in [-0.39, 0.29) is 5.91 Å². The Balaban J connectivity index is 1.38. The Morgan fingerprint density at radius 2 is 2.16 bits per heavy atom. The van der Waals surface area contributed by atoms with Gasteiger partial charge in [0.2, 0.25) is 11.1 Å². The van der Waals surface area contributed by atoms with Gasteiger partial charge < -0.3 is 5.32 Å². The van der Waals surface area contributed by atoms with Crippen molar-refractivity contribution in [2.24, 2.45) is 0 Å². The van der Waals surface area contributed by atoms with Gasteiger partial charge in [0.15, 0.2) is 0 Å². The largest absolute Gasteiger partial charge is 0.352 e. The second-order valence-electron chi connectivity index (χ2n) is 5.29. The van der Waals surface area contributed by atoms with Crippen LogP contribution in [0.3, 0.4) is 0 Å². The second-order valence-corrected chi connectivity index (χ2v) is 7.79. The maximum absolute atomic E-state index is 11.9. The first-order valence-electron chi connectivity index (χ1n) is 7.77. The number of hydrogen-bond acceptors (Lipinski definition) is 5. The summed E-state index contributed by atoms with van der Waals surface area (Å²) in [6.07, 6.45) is 1.16. The van der Waals surface area contributed by atoms with Gasteiger partial charge in [-0.3, -0.25) is 9.89 Å². The van der Waals surface area contributed by atoms with Crippen LogP contribution in [0.15, 0.2) is 46.9 Å². The second kappa shape index (κ2) is 9.03. The lowest BCUT2D eigenvalue weighted by Gasteiger charge is -2.06. The van der Waals surface area contributed by atoms with Crippen molar-refractivity contribution in [2.45, 2.75) is 24.5 Å². The van der Waals surface area contributed by atoms with Crippen LogP contribution in [0.4, 0.5) is 0 Å². The lowest BCUT2D eigenvalue weighted by molar-refractivity contribution is -0.120. The number of aromatic nitrogens is 3. The normalized spacial score (nSPS) is 10.8. The minimum Gasteiger partial charge on any atom is -0.352 e. The molecule has 25 heavy (non-hydrogen) atoms. The number of benzene rings is 1. The van der Waals surface area contributed by atoms with Gasteiger partial charge in [0, 0.05) is 35.0 Å². The third kappa shape index (κ3) is 5.59. The van der Waals surface area contributed by atoms with Gasteiger partial charge in [0.1, 0.15) is 5.82 Å². The van der Waals surface area contributed by atoms with E-state index in [1.54, 1.807) is 11.3 Å². The fourth-order valence-electron chi connectivity index (χ4n) is 2.16. The average Bonchev–Trinajstić information content (AvgIpc) is 3.27. The molecule has 1 amide bonds. The number of carbonyl (C=O) groups excluding carboxylic acids is 1. The van der Waals surface area contributed by atoms with Crippen LogP contribution in [-0.2, 0) is 17.8 Å². The fraction of sp³-hybridized carbons (Fsp3) is 0.235. The Kier molecular flexibility index (Phi) is 6.49. The van der Waals surface area contributed by atoms with Gasteiger partial charge in [-0.1, -0.05) is 47.6 Å². The molecule has 1 aromatic carbocycles. The quantitative estimate of drug-likeness (QED) is 0.570. The number of H-pyrrole nitrogens is 1. The van der Waals surface area contributed by atoms with Crippen molar-refractivity contribution in [1.29, 1.82) is 0 Å². The van der Waals surface area contributed by atoms with Crippen molar-refractivity contribution in [3.8, 4) is 0 Å². The van der Waals surface area contributed by atoms with Crippen LogP contribution in [0.2, 0.25) is 5.02 Å². The highest BCUT2D eigenvalue weighted by Crippen LogP contribution is 2.17. The van der Waals surface area contributed by atoms with Gasteiger partial charge in [-0.15, -0.1) is 16.4 Å². The first-order chi connectivity index (χ1) is 12.2. The molecule has 0 fully saturated rings. The maximum Gasteiger partial charge on any atom is 0.221 e. The minimum atomic E-state index is -0.0123. The van der Waals surface area contributed by atoms with E-state index < -0.39 is 0 Å². The Hall–Kier alpha value is -1.83. The molecular formula is C17H17ClN4OS2. The summed E-state index contributed by atoms with van der Waals surface area (Å²) < 4.78 is 0. The predicted molar refractivity (Wildman–Crippen MR) is 102 cm³/mol. The summed E-state index contributed by atoms with van der Waals surface area (Å²) in [6.45, 7) is 0.439. The molecule has 0 radical (unpaired) electrons. The highest BCUT2D eigenvalue weighted by molar-refractivity contribution is 7.99. The molecule has 0 spiro atoms. The fourth-order valence-corrected chi connectivity index (χ4v) is 3.83. The third-order valence-electron chi connectivity index (χ3n) is 3.43. The molecule has 0 bridgehead atoms. The smallest absolute Gasteiger partial charge is 0.221 e. The predicted octanol–water partition coefficient (Wildman–Crippen LogP) is 3.91. The molecule has 0 aliphatic heterocycles. The van der Waals surface area contributed by atoms with Crippen LogP contribution >= 0.6 is 34.7 Å². The van der Waals surface area contributed by atoms with Crippen molar-refractivity contribution in [1.82, 2.24) is 20.5 Å². The zero-order valence-corrected chi connectivity index (χ0v) is 15.8. The summed E-state index contributed by atoms with van der Waals surface area (Å²) in [4.78, 5) is 17.6. The monoisotopic (exact) mass is 392 g/mol. The van der Waals surface area contributed by atoms with E-state index in [1.807, 2.05) is 35.7 Å². The Labute approximate surface area is 159 Å². The van der Waals surface area contributed by atoms with Gasteiger partial charge in [-0.2, -0.15) is 0 Å². The minimum absolute atomic E-state index is 0.0123. The molecule has 2 heterocycles. The summed E-state index contributed by atoms with van der Waals surface area (Å²) in [5.74, 6) is 1.46. The molecule has 3 aromatic rings. The van der Waals surface area contributed by atoms with E-state index in [0.717, 1.165) is 17.8 Å². The van der Waals surface area contributed by atoms with Gasteiger partial charge in [-0.25, -0.2) is 4.98 Å². The lowest BCUT2D eigenvalue weighted by Crippen LogP contribution is -2.23. The number of thiophene rings is 1. The maximum atomic E-state index is 11.9. The van der Waals surface area contributed by atoms with Crippen LogP contribution in [0, 0.1) is 0 Å². The number of thioether (sulfide) groups is 1. The van der Waals surface area contributed by atoms with Gasteiger partial charge in [0.25, 0.3) is 0 Å². The molecule has 0 saturated carbocycles. The number of amides is 1.